The molecule has 0 radical (unpaired) electrons. The van der Waals surface area contributed by atoms with Crippen LogP contribution in [-0.2, 0) is 18.0 Å². The first-order chi connectivity index (χ1) is 19.2. The van der Waals surface area contributed by atoms with Gasteiger partial charge >= 0.3 is 5.97 Å². The van der Waals surface area contributed by atoms with E-state index in [0.717, 1.165) is 11.1 Å². The van der Waals surface area contributed by atoms with E-state index in [1.54, 1.807) is 30.7 Å². The zero-order chi connectivity index (χ0) is 27.0. The molecule has 3 aromatic carbocycles. The third-order valence-electron chi connectivity index (χ3n) is 5.89. The SMILES string of the molecule is CCOC(=O)c1c(OCc2ccccc2)c(OCc2ccccc2)c(-c2nn[nH]n2)n1-c1ccc(OC)cc1. The quantitative estimate of drug-likeness (QED) is 0.240. The molecule has 0 fully saturated rings. The number of benzene rings is 3. The normalized spacial score (nSPS) is 10.7. The predicted octanol–water partition coefficient (Wildman–Crippen LogP) is 5.00. The molecule has 2 heterocycles. The van der Waals surface area contributed by atoms with Crippen molar-refractivity contribution < 1.29 is 23.7 Å². The zero-order valence-electron chi connectivity index (χ0n) is 21.5. The van der Waals surface area contributed by atoms with Crippen LogP contribution in [0.15, 0.2) is 84.9 Å². The first-order valence-electron chi connectivity index (χ1n) is 12.4. The molecule has 10 nitrogen and oxygen atoms in total. The molecule has 0 aliphatic heterocycles. The van der Waals surface area contributed by atoms with Gasteiger partial charge in [0, 0.05) is 5.69 Å². The van der Waals surface area contributed by atoms with Gasteiger partial charge in [-0.15, -0.1) is 10.2 Å². The summed E-state index contributed by atoms with van der Waals surface area (Å²) in [4.78, 5) is 13.5. The van der Waals surface area contributed by atoms with Crippen LogP contribution >= 0.6 is 0 Å². The molecule has 2 aromatic heterocycles. The first-order valence-corrected chi connectivity index (χ1v) is 12.4. The van der Waals surface area contributed by atoms with Crippen molar-refractivity contribution in [2.45, 2.75) is 20.1 Å². The fourth-order valence-electron chi connectivity index (χ4n) is 4.09. The lowest BCUT2D eigenvalue weighted by Crippen LogP contribution is -2.13. The van der Waals surface area contributed by atoms with E-state index in [2.05, 4.69) is 20.6 Å². The number of hydrogen-bond donors (Lipinski definition) is 1. The van der Waals surface area contributed by atoms with Gasteiger partial charge in [-0.25, -0.2) is 4.79 Å². The molecule has 0 spiro atoms. The number of ether oxygens (including phenoxy) is 4. The molecular weight excluding hydrogens is 498 g/mol. The highest BCUT2D eigenvalue weighted by Crippen LogP contribution is 2.46. The zero-order valence-corrected chi connectivity index (χ0v) is 21.5. The van der Waals surface area contributed by atoms with E-state index in [0.29, 0.717) is 17.1 Å². The average molecular weight is 526 g/mol. The second kappa shape index (κ2) is 12.0. The largest absolute Gasteiger partial charge is 0.497 e. The smallest absolute Gasteiger partial charge is 0.359 e. The van der Waals surface area contributed by atoms with Crippen LogP contribution in [-0.4, -0.2) is 44.9 Å². The molecule has 0 amide bonds. The van der Waals surface area contributed by atoms with E-state index in [1.807, 2.05) is 72.8 Å². The summed E-state index contributed by atoms with van der Waals surface area (Å²) >= 11 is 0. The average Bonchev–Trinajstić information content (AvgIpc) is 3.62. The van der Waals surface area contributed by atoms with Gasteiger partial charge in [0.05, 0.1) is 13.7 Å². The summed E-state index contributed by atoms with van der Waals surface area (Å²) in [6.45, 7) is 2.31. The van der Waals surface area contributed by atoms with Crippen LogP contribution < -0.4 is 14.2 Å². The van der Waals surface area contributed by atoms with Gasteiger partial charge in [0.15, 0.2) is 17.2 Å². The predicted molar refractivity (Wildman–Crippen MR) is 143 cm³/mol. The lowest BCUT2D eigenvalue weighted by Gasteiger charge is -2.13. The number of tetrazole rings is 1. The van der Waals surface area contributed by atoms with Gasteiger partial charge in [-0.2, -0.15) is 5.21 Å². The minimum Gasteiger partial charge on any atom is -0.497 e. The van der Waals surface area contributed by atoms with E-state index in [-0.39, 0.29) is 42.8 Å². The van der Waals surface area contributed by atoms with E-state index in [4.69, 9.17) is 18.9 Å². The van der Waals surface area contributed by atoms with E-state index >= 15 is 0 Å². The number of hydrogen-bond acceptors (Lipinski definition) is 8. The van der Waals surface area contributed by atoms with Gasteiger partial charge in [0.2, 0.25) is 5.82 Å². The van der Waals surface area contributed by atoms with Gasteiger partial charge in [0.1, 0.15) is 24.7 Å². The molecule has 0 aliphatic rings. The Kier molecular flexibility index (Phi) is 7.82. The Bertz CT molecular complexity index is 1500. The van der Waals surface area contributed by atoms with E-state index in [9.17, 15) is 4.79 Å². The molecule has 0 atom stereocenters. The highest BCUT2D eigenvalue weighted by atomic mass is 16.5. The maximum atomic E-state index is 13.5. The Morgan fingerprint density at radius 1 is 0.846 bits per heavy atom. The van der Waals surface area contributed by atoms with Gasteiger partial charge in [-0.1, -0.05) is 60.7 Å². The Morgan fingerprint density at radius 2 is 1.46 bits per heavy atom. The second-order valence-corrected chi connectivity index (χ2v) is 8.39. The van der Waals surface area contributed by atoms with Crippen molar-refractivity contribution in [1.82, 2.24) is 25.2 Å². The summed E-state index contributed by atoms with van der Waals surface area (Å²) in [5.74, 6) is 0.786. The number of aromatic nitrogens is 5. The number of rotatable bonds is 11. The molecule has 1 N–H and O–H groups in total. The van der Waals surface area contributed by atoms with Crippen LogP contribution in [0.5, 0.6) is 17.2 Å². The summed E-state index contributed by atoms with van der Waals surface area (Å²) in [5.41, 5.74) is 3.00. The van der Waals surface area contributed by atoms with Crippen LogP contribution in [0, 0.1) is 0 Å². The highest BCUT2D eigenvalue weighted by Gasteiger charge is 2.34. The molecular formula is C29H27N5O5. The van der Waals surface area contributed by atoms with Crippen LogP contribution in [0.1, 0.15) is 28.5 Å². The fraction of sp³-hybridized carbons (Fsp3) is 0.172. The monoisotopic (exact) mass is 525 g/mol. The van der Waals surface area contributed by atoms with Crippen LogP contribution in [0.25, 0.3) is 17.2 Å². The second-order valence-electron chi connectivity index (χ2n) is 8.39. The molecule has 39 heavy (non-hydrogen) atoms. The lowest BCUT2D eigenvalue weighted by atomic mass is 10.2. The van der Waals surface area contributed by atoms with Crippen molar-refractivity contribution in [2.75, 3.05) is 13.7 Å². The van der Waals surface area contributed by atoms with Crippen LogP contribution in [0.3, 0.4) is 0 Å². The van der Waals surface area contributed by atoms with Gasteiger partial charge in [-0.3, -0.25) is 4.57 Å². The summed E-state index contributed by atoms with van der Waals surface area (Å²) in [6, 6.07) is 26.5. The van der Waals surface area contributed by atoms with Crippen LogP contribution in [0.2, 0.25) is 0 Å². The molecule has 198 valence electrons. The number of carbonyl (C=O) groups excluding carboxylic acids is 1. The maximum Gasteiger partial charge on any atom is 0.359 e. The van der Waals surface area contributed by atoms with Gasteiger partial charge < -0.3 is 18.9 Å². The number of esters is 1. The molecule has 5 rings (SSSR count). The summed E-state index contributed by atoms with van der Waals surface area (Å²) in [7, 11) is 1.59. The standard InChI is InChI=1S/C29H27N5O5/c1-3-37-29(35)25-27(39-19-21-12-8-5-9-13-21)26(38-18-20-10-6-4-7-11-20)24(28-30-32-33-31-28)34(25)22-14-16-23(36-2)17-15-22/h4-17H,3,18-19H2,1-2H3,(H,30,31,32,33). The Balaban J connectivity index is 1.72. The molecule has 0 aliphatic carbocycles. The number of nitrogens with one attached hydrogen (secondary N) is 1. The maximum absolute atomic E-state index is 13.5. The third kappa shape index (κ3) is 5.59. The minimum absolute atomic E-state index is 0.140. The van der Waals surface area contributed by atoms with Crippen LogP contribution in [0.4, 0.5) is 0 Å². The fourth-order valence-corrected chi connectivity index (χ4v) is 4.09. The van der Waals surface area contributed by atoms with Crippen molar-refractivity contribution in [3.8, 4) is 34.5 Å². The number of H-pyrrole nitrogens is 1. The summed E-state index contributed by atoms with van der Waals surface area (Å²) in [5, 5.41) is 14.7. The lowest BCUT2D eigenvalue weighted by molar-refractivity contribution is 0.0511. The number of aromatic amines is 1. The Morgan fingerprint density at radius 3 is 2.00 bits per heavy atom. The Hall–Kier alpha value is -5.12. The van der Waals surface area contributed by atoms with E-state index < -0.39 is 5.97 Å². The van der Waals surface area contributed by atoms with Crippen molar-refractivity contribution in [3.63, 3.8) is 0 Å². The van der Waals surface area contributed by atoms with E-state index in [1.165, 1.54) is 0 Å². The third-order valence-corrected chi connectivity index (χ3v) is 5.89. The van der Waals surface area contributed by atoms with Crippen molar-refractivity contribution >= 4 is 5.97 Å². The summed E-state index contributed by atoms with van der Waals surface area (Å²) in [6.07, 6.45) is 0. The minimum atomic E-state index is -0.587. The molecule has 10 heteroatoms. The molecule has 0 bridgehead atoms. The number of carbonyl (C=O) groups is 1. The topological polar surface area (TPSA) is 113 Å². The number of methoxy groups -OCH3 is 1. The highest BCUT2D eigenvalue weighted by molar-refractivity contribution is 5.96. The molecule has 0 saturated heterocycles. The van der Waals surface area contributed by atoms with Crippen molar-refractivity contribution in [2.24, 2.45) is 0 Å². The summed E-state index contributed by atoms with van der Waals surface area (Å²) < 4.78 is 25.2. The van der Waals surface area contributed by atoms with Gasteiger partial charge in [0.25, 0.3) is 0 Å². The van der Waals surface area contributed by atoms with Gasteiger partial charge in [-0.05, 0) is 47.5 Å². The molecule has 0 saturated carbocycles. The Labute approximate surface area is 225 Å². The van der Waals surface area contributed by atoms with Crippen molar-refractivity contribution in [1.29, 1.82) is 0 Å². The molecule has 0 unspecified atom stereocenters. The number of nitrogens with zero attached hydrogens (tertiary/aromatic N) is 4. The van der Waals surface area contributed by atoms with Crippen molar-refractivity contribution in [3.05, 3.63) is 102 Å². The molecule has 5 aromatic rings. The first kappa shape index (κ1) is 25.5.